The van der Waals surface area contributed by atoms with Crippen molar-refractivity contribution in [3.05, 3.63) is 35.6 Å². The molecule has 4 heteroatoms. The Labute approximate surface area is 80.8 Å². The maximum atomic E-state index is 12.9. The predicted molar refractivity (Wildman–Crippen MR) is 50.3 cm³/mol. The molecule has 1 aromatic rings. The third kappa shape index (κ3) is 1.51. The SMILES string of the molecule is CN1N=C(c2cccc(F)c2)CC1=O. The Morgan fingerprint density at radius 1 is 1.50 bits per heavy atom. The summed E-state index contributed by atoms with van der Waals surface area (Å²) in [6.07, 6.45) is 0.250. The molecule has 0 bridgehead atoms. The molecule has 2 rings (SSSR count). The summed E-state index contributed by atoms with van der Waals surface area (Å²) in [5.74, 6) is -0.378. The lowest BCUT2D eigenvalue weighted by molar-refractivity contribution is -0.127. The Bertz CT molecular complexity index is 414. The van der Waals surface area contributed by atoms with Crippen LogP contribution in [0.15, 0.2) is 29.4 Å². The van der Waals surface area contributed by atoms with Gasteiger partial charge in [0.25, 0.3) is 0 Å². The lowest BCUT2D eigenvalue weighted by atomic mass is 10.1. The Balaban J connectivity index is 2.33. The van der Waals surface area contributed by atoms with E-state index >= 15 is 0 Å². The molecule has 3 nitrogen and oxygen atoms in total. The lowest BCUT2D eigenvalue weighted by Crippen LogP contribution is -2.14. The van der Waals surface area contributed by atoms with E-state index in [0.717, 1.165) is 0 Å². The quantitative estimate of drug-likeness (QED) is 0.661. The summed E-state index contributed by atoms with van der Waals surface area (Å²) < 4.78 is 12.9. The number of carbonyl (C=O) groups is 1. The predicted octanol–water partition coefficient (Wildman–Crippen LogP) is 1.39. The van der Waals surface area contributed by atoms with Gasteiger partial charge in [0, 0.05) is 12.6 Å². The highest BCUT2D eigenvalue weighted by Gasteiger charge is 2.21. The van der Waals surface area contributed by atoms with Crippen LogP contribution in [0, 0.1) is 5.82 Å². The first-order valence-corrected chi connectivity index (χ1v) is 4.27. The molecule has 0 saturated heterocycles. The van der Waals surface area contributed by atoms with Gasteiger partial charge in [0.2, 0.25) is 5.91 Å². The molecule has 0 spiro atoms. The Morgan fingerprint density at radius 3 is 2.86 bits per heavy atom. The molecule has 0 radical (unpaired) electrons. The first-order chi connectivity index (χ1) is 6.66. The second kappa shape index (κ2) is 3.21. The standard InChI is InChI=1S/C10H9FN2O/c1-13-10(14)6-9(12-13)7-3-2-4-8(11)5-7/h2-5H,6H2,1H3. The average molecular weight is 192 g/mol. The van der Waals surface area contributed by atoms with Gasteiger partial charge < -0.3 is 0 Å². The van der Waals surface area contributed by atoms with E-state index in [1.807, 2.05) is 0 Å². The van der Waals surface area contributed by atoms with Crippen molar-refractivity contribution >= 4 is 11.6 Å². The van der Waals surface area contributed by atoms with Gasteiger partial charge in [-0.15, -0.1) is 0 Å². The van der Waals surface area contributed by atoms with Gasteiger partial charge >= 0.3 is 0 Å². The number of hydrogen-bond acceptors (Lipinski definition) is 2. The minimum atomic E-state index is -0.313. The van der Waals surface area contributed by atoms with Crippen molar-refractivity contribution in [2.24, 2.45) is 5.10 Å². The Hall–Kier alpha value is -1.71. The maximum Gasteiger partial charge on any atom is 0.248 e. The van der Waals surface area contributed by atoms with E-state index in [-0.39, 0.29) is 18.1 Å². The largest absolute Gasteiger partial charge is 0.273 e. The molecule has 1 amide bonds. The number of rotatable bonds is 1. The van der Waals surface area contributed by atoms with E-state index in [9.17, 15) is 9.18 Å². The highest BCUT2D eigenvalue weighted by molar-refractivity contribution is 6.13. The van der Waals surface area contributed by atoms with Gasteiger partial charge in [-0.3, -0.25) is 4.79 Å². The Kier molecular flexibility index (Phi) is 2.04. The molecule has 1 aliphatic rings. The molecule has 14 heavy (non-hydrogen) atoms. The fourth-order valence-electron chi connectivity index (χ4n) is 1.36. The number of carbonyl (C=O) groups excluding carboxylic acids is 1. The number of halogens is 1. The van der Waals surface area contributed by atoms with Crippen LogP contribution in [0.4, 0.5) is 4.39 Å². The van der Waals surface area contributed by atoms with Gasteiger partial charge in [-0.1, -0.05) is 12.1 Å². The zero-order valence-corrected chi connectivity index (χ0v) is 7.70. The fourth-order valence-corrected chi connectivity index (χ4v) is 1.36. The van der Waals surface area contributed by atoms with Crippen molar-refractivity contribution < 1.29 is 9.18 Å². The Morgan fingerprint density at radius 2 is 2.29 bits per heavy atom. The molecule has 0 saturated carbocycles. The molecular weight excluding hydrogens is 183 g/mol. The number of hydrogen-bond donors (Lipinski definition) is 0. The van der Waals surface area contributed by atoms with Crippen LogP contribution >= 0.6 is 0 Å². The molecule has 0 aliphatic carbocycles. The minimum absolute atomic E-state index is 0.0655. The maximum absolute atomic E-state index is 12.9. The van der Waals surface area contributed by atoms with Crippen molar-refractivity contribution in [3.63, 3.8) is 0 Å². The third-order valence-electron chi connectivity index (χ3n) is 2.11. The zero-order valence-electron chi connectivity index (χ0n) is 7.70. The highest BCUT2D eigenvalue weighted by atomic mass is 19.1. The van der Waals surface area contributed by atoms with Gasteiger partial charge in [-0.2, -0.15) is 5.10 Å². The van der Waals surface area contributed by atoms with Gasteiger partial charge in [0.15, 0.2) is 0 Å². The van der Waals surface area contributed by atoms with Crippen LogP contribution in [0.3, 0.4) is 0 Å². The molecule has 1 heterocycles. The van der Waals surface area contributed by atoms with E-state index in [0.29, 0.717) is 11.3 Å². The first-order valence-electron chi connectivity index (χ1n) is 4.27. The molecule has 0 unspecified atom stereocenters. The van der Waals surface area contributed by atoms with Crippen molar-refractivity contribution in [1.29, 1.82) is 0 Å². The van der Waals surface area contributed by atoms with Gasteiger partial charge in [0.05, 0.1) is 12.1 Å². The number of benzene rings is 1. The summed E-state index contributed by atoms with van der Waals surface area (Å²) in [4.78, 5) is 11.2. The van der Waals surface area contributed by atoms with Crippen LogP contribution in [-0.2, 0) is 4.79 Å². The molecule has 1 aliphatic heterocycles. The molecule has 0 aromatic heterocycles. The number of hydrazone groups is 1. The fraction of sp³-hybridized carbons (Fsp3) is 0.200. The summed E-state index contributed by atoms with van der Waals surface area (Å²) in [6, 6.07) is 6.10. The van der Waals surface area contributed by atoms with Crippen LogP contribution in [0.5, 0.6) is 0 Å². The summed E-state index contributed by atoms with van der Waals surface area (Å²) in [6.45, 7) is 0. The summed E-state index contributed by atoms with van der Waals surface area (Å²) in [5, 5.41) is 5.29. The lowest BCUT2D eigenvalue weighted by Gasteiger charge is -1.99. The summed E-state index contributed by atoms with van der Waals surface area (Å²) in [5.41, 5.74) is 1.29. The summed E-state index contributed by atoms with van der Waals surface area (Å²) >= 11 is 0. The van der Waals surface area contributed by atoms with Crippen molar-refractivity contribution in [2.45, 2.75) is 6.42 Å². The molecule has 0 fully saturated rings. The van der Waals surface area contributed by atoms with E-state index in [2.05, 4.69) is 5.10 Å². The van der Waals surface area contributed by atoms with E-state index < -0.39 is 0 Å². The zero-order chi connectivity index (χ0) is 10.1. The van der Waals surface area contributed by atoms with Crippen molar-refractivity contribution in [1.82, 2.24) is 5.01 Å². The molecule has 72 valence electrons. The number of nitrogens with zero attached hydrogens (tertiary/aromatic N) is 2. The highest BCUT2D eigenvalue weighted by Crippen LogP contribution is 2.14. The first kappa shape index (κ1) is 8.87. The normalized spacial score (nSPS) is 16.0. The van der Waals surface area contributed by atoms with Crippen LogP contribution < -0.4 is 0 Å². The minimum Gasteiger partial charge on any atom is -0.273 e. The van der Waals surface area contributed by atoms with E-state index in [4.69, 9.17) is 0 Å². The monoisotopic (exact) mass is 192 g/mol. The van der Waals surface area contributed by atoms with Crippen LogP contribution in [0.1, 0.15) is 12.0 Å². The molecule has 0 atom stereocenters. The van der Waals surface area contributed by atoms with E-state index in [1.165, 1.54) is 17.1 Å². The molecular formula is C10H9FN2O. The van der Waals surface area contributed by atoms with Crippen molar-refractivity contribution in [2.75, 3.05) is 7.05 Å². The van der Waals surface area contributed by atoms with Gasteiger partial charge in [-0.25, -0.2) is 9.40 Å². The van der Waals surface area contributed by atoms with E-state index in [1.54, 1.807) is 19.2 Å². The van der Waals surface area contributed by atoms with Crippen LogP contribution in [-0.4, -0.2) is 23.7 Å². The van der Waals surface area contributed by atoms with Gasteiger partial charge in [-0.05, 0) is 12.1 Å². The smallest absolute Gasteiger partial charge is 0.248 e. The number of amides is 1. The molecule has 1 aromatic carbocycles. The molecule has 0 N–H and O–H groups in total. The van der Waals surface area contributed by atoms with Gasteiger partial charge in [0.1, 0.15) is 5.82 Å². The van der Waals surface area contributed by atoms with Crippen LogP contribution in [0.25, 0.3) is 0 Å². The topological polar surface area (TPSA) is 32.7 Å². The third-order valence-corrected chi connectivity index (χ3v) is 2.11. The average Bonchev–Trinajstić information content (AvgIpc) is 2.47. The van der Waals surface area contributed by atoms with Crippen LogP contribution in [0.2, 0.25) is 0 Å². The second-order valence-corrected chi connectivity index (χ2v) is 3.15. The van der Waals surface area contributed by atoms with Crippen molar-refractivity contribution in [3.8, 4) is 0 Å². The summed E-state index contributed by atoms with van der Waals surface area (Å²) in [7, 11) is 1.59. The second-order valence-electron chi connectivity index (χ2n) is 3.15.